The summed E-state index contributed by atoms with van der Waals surface area (Å²) in [4.78, 5) is 0. The molecule has 0 heterocycles. The fourth-order valence-electron chi connectivity index (χ4n) is 1.23. The molecule has 0 aromatic heterocycles. The molecule has 0 aliphatic carbocycles. The van der Waals surface area contributed by atoms with Gasteiger partial charge in [0, 0.05) is 22.1 Å². The van der Waals surface area contributed by atoms with Crippen LogP contribution in [0.2, 0.25) is 10.0 Å². The molecule has 1 aromatic rings. The largest absolute Gasteiger partial charge is 0.309 e. The monoisotopic (exact) mass is 257 g/mol. The van der Waals surface area contributed by atoms with Gasteiger partial charge in [-0.25, -0.2) is 0 Å². The number of hydrogen-bond donors (Lipinski definition) is 1. The Balaban J connectivity index is 2.56. The molecule has 0 amide bonds. The number of rotatable bonds is 3. The Labute approximate surface area is 107 Å². The average Bonchev–Trinajstić information content (AvgIpc) is 2.09. The van der Waals surface area contributed by atoms with E-state index < -0.39 is 0 Å². The van der Waals surface area contributed by atoms with Crippen molar-refractivity contribution < 1.29 is 0 Å². The van der Waals surface area contributed by atoms with E-state index in [1.807, 2.05) is 18.2 Å². The zero-order valence-corrected chi connectivity index (χ0v) is 11.4. The smallest absolute Gasteiger partial charge is 0.0426 e. The highest BCUT2D eigenvalue weighted by Crippen LogP contribution is 2.19. The SMILES string of the molecule is CC(C)(C)NCC=Cc1cc(Cl)cc(Cl)c1. The summed E-state index contributed by atoms with van der Waals surface area (Å²) in [6.45, 7) is 7.24. The van der Waals surface area contributed by atoms with E-state index in [4.69, 9.17) is 23.2 Å². The third kappa shape index (κ3) is 5.55. The zero-order valence-electron chi connectivity index (χ0n) is 9.85. The topological polar surface area (TPSA) is 12.0 Å². The van der Waals surface area contributed by atoms with E-state index in [9.17, 15) is 0 Å². The van der Waals surface area contributed by atoms with Crippen molar-refractivity contribution >= 4 is 29.3 Å². The van der Waals surface area contributed by atoms with Crippen LogP contribution in [0, 0.1) is 0 Å². The average molecular weight is 258 g/mol. The molecule has 0 aliphatic heterocycles. The van der Waals surface area contributed by atoms with Gasteiger partial charge in [-0.1, -0.05) is 35.4 Å². The molecule has 1 N–H and O–H groups in total. The van der Waals surface area contributed by atoms with Gasteiger partial charge in [-0.15, -0.1) is 0 Å². The fraction of sp³-hybridized carbons (Fsp3) is 0.385. The first-order valence-corrected chi connectivity index (χ1v) is 6.00. The third-order valence-corrected chi connectivity index (χ3v) is 2.38. The highest BCUT2D eigenvalue weighted by atomic mass is 35.5. The number of hydrogen-bond acceptors (Lipinski definition) is 1. The second-order valence-electron chi connectivity index (χ2n) is 4.74. The Morgan fingerprint density at radius 2 is 1.69 bits per heavy atom. The molecule has 0 fully saturated rings. The molecule has 0 atom stereocenters. The maximum absolute atomic E-state index is 5.90. The quantitative estimate of drug-likeness (QED) is 0.847. The second-order valence-corrected chi connectivity index (χ2v) is 5.61. The Morgan fingerprint density at radius 3 is 2.19 bits per heavy atom. The first kappa shape index (κ1) is 13.6. The van der Waals surface area contributed by atoms with Crippen LogP contribution in [0.3, 0.4) is 0 Å². The number of halogens is 2. The summed E-state index contributed by atoms with van der Waals surface area (Å²) in [6.07, 6.45) is 4.07. The molecular formula is C13H17Cl2N. The van der Waals surface area contributed by atoms with E-state index in [0.717, 1.165) is 12.1 Å². The van der Waals surface area contributed by atoms with Crippen molar-refractivity contribution in [3.05, 3.63) is 39.9 Å². The van der Waals surface area contributed by atoms with Crippen LogP contribution in [0.1, 0.15) is 26.3 Å². The third-order valence-electron chi connectivity index (χ3n) is 1.95. The number of benzene rings is 1. The van der Waals surface area contributed by atoms with Gasteiger partial charge in [0.2, 0.25) is 0 Å². The molecule has 1 nitrogen and oxygen atoms in total. The van der Waals surface area contributed by atoms with Gasteiger partial charge in [0.15, 0.2) is 0 Å². The Bertz CT molecular complexity index is 358. The number of nitrogens with one attached hydrogen (secondary N) is 1. The van der Waals surface area contributed by atoms with Gasteiger partial charge in [-0.2, -0.15) is 0 Å². The molecule has 16 heavy (non-hydrogen) atoms. The van der Waals surface area contributed by atoms with E-state index in [0.29, 0.717) is 10.0 Å². The minimum Gasteiger partial charge on any atom is -0.309 e. The molecule has 1 aromatic carbocycles. The van der Waals surface area contributed by atoms with Crippen molar-refractivity contribution in [3.63, 3.8) is 0 Å². The summed E-state index contributed by atoms with van der Waals surface area (Å²) < 4.78 is 0. The highest BCUT2D eigenvalue weighted by Gasteiger charge is 2.05. The lowest BCUT2D eigenvalue weighted by Gasteiger charge is -2.18. The molecule has 0 spiro atoms. The lowest BCUT2D eigenvalue weighted by Crippen LogP contribution is -2.35. The van der Waals surface area contributed by atoms with Gasteiger partial charge in [0.05, 0.1) is 0 Å². The Kier molecular flexibility index (Phi) is 4.85. The van der Waals surface area contributed by atoms with Crippen LogP contribution in [0.5, 0.6) is 0 Å². The van der Waals surface area contributed by atoms with Gasteiger partial charge in [-0.05, 0) is 44.5 Å². The highest BCUT2D eigenvalue weighted by molar-refractivity contribution is 6.34. The van der Waals surface area contributed by atoms with E-state index >= 15 is 0 Å². The molecule has 0 radical (unpaired) electrons. The molecule has 0 bridgehead atoms. The Morgan fingerprint density at radius 1 is 1.12 bits per heavy atom. The van der Waals surface area contributed by atoms with Crippen molar-refractivity contribution in [1.82, 2.24) is 5.32 Å². The van der Waals surface area contributed by atoms with Crippen LogP contribution in [0.15, 0.2) is 24.3 Å². The summed E-state index contributed by atoms with van der Waals surface area (Å²) >= 11 is 11.8. The summed E-state index contributed by atoms with van der Waals surface area (Å²) in [5.74, 6) is 0. The van der Waals surface area contributed by atoms with Gasteiger partial charge >= 0.3 is 0 Å². The van der Waals surface area contributed by atoms with Crippen LogP contribution in [0.25, 0.3) is 6.08 Å². The van der Waals surface area contributed by atoms with Crippen LogP contribution in [0.4, 0.5) is 0 Å². The molecule has 0 saturated heterocycles. The molecule has 0 saturated carbocycles. The first-order valence-electron chi connectivity index (χ1n) is 5.24. The maximum Gasteiger partial charge on any atom is 0.0426 e. The summed E-state index contributed by atoms with van der Waals surface area (Å²) in [7, 11) is 0. The second kappa shape index (κ2) is 5.72. The zero-order chi connectivity index (χ0) is 12.2. The fourth-order valence-corrected chi connectivity index (χ4v) is 1.77. The van der Waals surface area contributed by atoms with Crippen LogP contribution >= 0.6 is 23.2 Å². The lowest BCUT2D eigenvalue weighted by molar-refractivity contribution is 0.450. The van der Waals surface area contributed by atoms with Crippen LogP contribution in [-0.4, -0.2) is 12.1 Å². The molecule has 1 rings (SSSR count). The molecule has 0 unspecified atom stereocenters. The summed E-state index contributed by atoms with van der Waals surface area (Å²) in [5.41, 5.74) is 1.16. The van der Waals surface area contributed by atoms with Crippen molar-refractivity contribution in [3.8, 4) is 0 Å². The van der Waals surface area contributed by atoms with Crippen molar-refractivity contribution in [2.24, 2.45) is 0 Å². The van der Waals surface area contributed by atoms with Crippen LogP contribution < -0.4 is 5.32 Å². The van der Waals surface area contributed by atoms with Gasteiger partial charge in [0.1, 0.15) is 0 Å². The molecule has 0 aliphatic rings. The van der Waals surface area contributed by atoms with Crippen molar-refractivity contribution in [1.29, 1.82) is 0 Å². The van der Waals surface area contributed by atoms with Crippen LogP contribution in [-0.2, 0) is 0 Å². The van der Waals surface area contributed by atoms with Gasteiger partial charge in [0.25, 0.3) is 0 Å². The van der Waals surface area contributed by atoms with Crippen molar-refractivity contribution in [2.45, 2.75) is 26.3 Å². The van der Waals surface area contributed by atoms with E-state index in [1.54, 1.807) is 6.07 Å². The van der Waals surface area contributed by atoms with Gasteiger partial charge in [-0.3, -0.25) is 0 Å². The minimum atomic E-state index is 0.135. The van der Waals surface area contributed by atoms with E-state index in [-0.39, 0.29) is 5.54 Å². The molecular weight excluding hydrogens is 241 g/mol. The van der Waals surface area contributed by atoms with E-state index in [1.165, 1.54) is 0 Å². The maximum atomic E-state index is 5.90. The normalized spacial score (nSPS) is 12.3. The first-order chi connectivity index (χ1) is 7.37. The van der Waals surface area contributed by atoms with Crippen molar-refractivity contribution in [2.75, 3.05) is 6.54 Å². The van der Waals surface area contributed by atoms with Gasteiger partial charge < -0.3 is 5.32 Å². The molecule has 88 valence electrons. The predicted molar refractivity (Wildman–Crippen MR) is 73.3 cm³/mol. The lowest BCUT2D eigenvalue weighted by atomic mass is 10.1. The Hall–Kier alpha value is -0.500. The van der Waals surface area contributed by atoms with E-state index in [2.05, 4.69) is 32.2 Å². The predicted octanol–water partition coefficient (Wildman–Crippen LogP) is 4.39. The minimum absolute atomic E-state index is 0.135. The summed E-state index contributed by atoms with van der Waals surface area (Å²) in [5, 5.41) is 4.69. The molecule has 3 heteroatoms. The standard InChI is InChI=1S/C13H17Cl2N/c1-13(2,3)16-6-4-5-10-7-11(14)9-12(15)8-10/h4-5,7-9,16H,6H2,1-3H3. The summed E-state index contributed by atoms with van der Waals surface area (Å²) in [6, 6.07) is 5.51.